The van der Waals surface area contributed by atoms with Crippen LogP contribution in [0.2, 0.25) is 0 Å². The Balaban J connectivity index is 1.94. The molecule has 1 aliphatic rings. The summed E-state index contributed by atoms with van der Waals surface area (Å²) < 4.78 is 0. The molecule has 0 bridgehead atoms. The molecule has 0 unspecified atom stereocenters. The van der Waals surface area contributed by atoms with Gasteiger partial charge < -0.3 is 4.90 Å². The van der Waals surface area contributed by atoms with Gasteiger partial charge in [0.2, 0.25) is 5.91 Å². The number of carbonyl (C=O) groups excluding carboxylic acids is 1. The Morgan fingerprint density at radius 3 is 2.84 bits per heavy atom. The molecular weight excluding hydrogens is 240 g/mol. The van der Waals surface area contributed by atoms with Crippen molar-refractivity contribution >= 4 is 5.91 Å². The molecule has 1 amide bonds. The summed E-state index contributed by atoms with van der Waals surface area (Å²) in [4.78, 5) is 17.1. The lowest BCUT2D eigenvalue weighted by Gasteiger charge is -2.37. The molecule has 0 aliphatic carbocycles. The lowest BCUT2D eigenvalue weighted by molar-refractivity contribution is -0.130. The molecule has 1 fully saturated rings. The van der Waals surface area contributed by atoms with Gasteiger partial charge in [-0.15, -0.1) is 0 Å². The number of piperidine rings is 1. The second-order valence-corrected chi connectivity index (χ2v) is 4.91. The maximum absolute atomic E-state index is 11.3. The average molecular weight is 258 g/mol. The van der Waals surface area contributed by atoms with E-state index in [4.69, 9.17) is 0 Å². The molecule has 1 aliphatic heterocycles. The highest BCUT2D eigenvalue weighted by Gasteiger charge is 2.34. The molecule has 1 aromatic rings. The fourth-order valence-electron chi connectivity index (χ4n) is 2.31. The SMILES string of the molecule is CC(=O)N1CCC(C#N)(NCc2cccnc2)CC1. The summed E-state index contributed by atoms with van der Waals surface area (Å²) in [6.45, 7) is 3.48. The molecule has 1 N–H and O–H groups in total. The molecule has 0 radical (unpaired) electrons. The minimum Gasteiger partial charge on any atom is -0.343 e. The number of carbonyl (C=O) groups is 1. The Hall–Kier alpha value is -1.93. The Morgan fingerprint density at radius 2 is 2.32 bits per heavy atom. The van der Waals surface area contributed by atoms with Crippen LogP contribution in [-0.2, 0) is 11.3 Å². The summed E-state index contributed by atoms with van der Waals surface area (Å²) in [6.07, 6.45) is 4.87. The number of hydrogen-bond acceptors (Lipinski definition) is 4. The van der Waals surface area contributed by atoms with Crippen LogP contribution in [0.1, 0.15) is 25.3 Å². The summed E-state index contributed by atoms with van der Waals surface area (Å²) in [7, 11) is 0. The summed E-state index contributed by atoms with van der Waals surface area (Å²) in [5.41, 5.74) is 0.535. The second kappa shape index (κ2) is 5.81. The molecule has 2 rings (SSSR count). The second-order valence-electron chi connectivity index (χ2n) is 4.91. The van der Waals surface area contributed by atoms with Gasteiger partial charge in [-0.25, -0.2) is 0 Å². The third-order valence-corrected chi connectivity index (χ3v) is 3.63. The first-order chi connectivity index (χ1) is 9.15. The monoisotopic (exact) mass is 258 g/mol. The van der Waals surface area contributed by atoms with Crippen LogP contribution in [0.5, 0.6) is 0 Å². The van der Waals surface area contributed by atoms with Crippen LogP contribution in [-0.4, -0.2) is 34.4 Å². The van der Waals surface area contributed by atoms with Crippen molar-refractivity contribution in [3.8, 4) is 6.07 Å². The molecule has 0 spiro atoms. The van der Waals surface area contributed by atoms with Crippen LogP contribution in [0.25, 0.3) is 0 Å². The zero-order valence-corrected chi connectivity index (χ0v) is 11.1. The van der Waals surface area contributed by atoms with E-state index in [0.717, 1.165) is 5.56 Å². The lowest BCUT2D eigenvalue weighted by atomic mass is 9.88. The van der Waals surface area contributed by atoms with E-state index in [0.29, 0.717) is 32.5 Å². The van der Waals surface area contributed by atoms with E-state index in [-0.39, 0.29) is 5.91 Å². The quantitative estimate of drug-likeness (QED) is 0.880. The Morgan fingerprint density at radius 1 is 1.58 bits per heavy atom. The summed E-state index contributed by atoms with van der Waals surface area (Å²) in [5, 5.41) is 12.7. The molecule has 1 aromatic heterocycles. The summed E-state index contributed by atoms with van der Waals surface area (Å²) in [5.74, 6) is 0.0822. The zero-order chi connectivity index (χ0) is 13.7. The van der Waals surface area contributed by atoms with Crippen LogP contribution >= 0.6 is 0 Å². The summed E-state index contributed by atoms with van der Waals surface area (Å²) >= 11 is 0. The van der Waals surface area contributed by atoms with E-state index in [1.165, 1.54) is 0 Å². The van der Waals surface area contributed by atoms with E-state index < -0.39 is 5.54 Å². The van der Waals surface area contributed by atoms with Crippen LogP contribution < -0.4 is 5.32 Å². The minimum atomic E-state index is -0.526. The maximum Gasteiger partial charge on any atom is 0.219 e. The van der Waals surface area contributed by atoms with Crippen molar-refractivity contribution in [3.05, 3.63) is 30.1 Å². The van der Waals surface area contributed by atoms with E-state index in [1.54, 1.807) is 24.2 Å². The number of amides is 1. The van der Waals surface area contributed by atoms with Gasteiger partial charge >= 0.3 is 0 Å². The van der Waals surface area contributed by atoms with Crippen molar-refractivity contribution in [1.29, 1.82) is 5.26 Å². The Kier molecular flexibility index (Phi) is 4.13. The van der Waals surface area contributed by atoms with E-state index in [1.807, 2.05) is 12.1 Å². The number of pyridine rings is 1. The van der Waals surface area contributed by atoms with Crippen molar-refractivity contribution in [2.75, 3.05) is 13.1 Å². The molecule has 0 aromatic carbocycles. The largest absolute Gasteiger partial charge is 0.343 e. The fraction of sp³-hybridized carbons (Fsp3) is 0.500. The molecule has 0 atom stereocenters. The highest BCUT2D eigenvalue weighted by Crippen LogP contribution is 2.22. The van der Waals surface area contributed by atoms with E-state index in [2.05, 4.69) is 16.4 Å². The minimum absolute atomic E-state index is 0.0822. The van der Waals surface area contributed by atoms with Gasteiger partial charge in [0.15, 0.2) is 0 Å². The van der Waals surface area contributed by atoms with Crippen LogP contribution in [0.15, 0.2) is 24.5 Å². The molecule has 5 heteroatoms. The molecule has 5 nitrogen and oxygen atoms in total. The molecule has 1 saturated heterocycles. The first-order valence-electron chi connectivity index (χ1n) is 6.46. The topological polar surface area (TPSA) is 69.0 Å². The number of nitrogens with one attached hydrogen (secondary N) is 1. The fourth-order valence-corrected chi connectivity index (χ4v) is 2.31. The van der Waals surface area contributed by atoms with Crippen molar-refractivity contribution in [1.82, 2.24) is 15.2 Å². The standard InChI is InChI=1S/C14H18N4O/c1-12(19)18-7-4-14(11-15,5-8-18)17-10-13-3-2-6-16-9-13/h2-3,6,9,17H,4-5,7-8,10H2,1H3. The van der Waals surface area contributed by atoms with Crippen molar-refractivity contribution < 1.29 is 4.79 Å². The lowest BCUT2D eigenvalue weighted by Crippen LogP contribution is -2.53. The number of nitrogens with zero attached hydrogens (tertiary/aromatic N) is 3. The van der Waals surface area contributed by atoms with Gasteiger partial charge in [-0.3, -0.25) is 15.1 Å². The Labute approximate surface area is 113 Å². The molecule has 0 saturated carbocycles. The summed E-state index contributed by atoms with van der Waals surface area (Å²) in [6, 6.07) is 6.24. The highest BCUT2D eigenvalue weighted by molar-refractivity contribution is 5.73. The predicted octanol–water partition coefficient (Wildman–Crippen LogP) is 1.08. The van der Waals surface area contributed by atoms with E-state index in [9.17, 15) is 10.1 Å². The van der Waals surface area contributed by atoms with Gasteiger partial charge in [0.1, 0.15) is 5.54 Å². The zero-order valence-electron chi connectivity index (χ0n) is 11.1. The number of rotatable bonds is 3. The number of hydrogen-bond donors (Lipinski definition) is 1. The third-order valence-electron chi connectivity index (χ3n) is 3.63. The van der Waals surface area contributed by atoms with Crippen LogP contribution in [0, 0.1) is 11.3 Å². The van der Waals surface area contributed by atoms with Gasteiger partial charge in [0.25, 0.3) is 0 Å². The van der Waals surface area contributed by atoms with Crippen molar-refractivity contribution in [3.63, 3.8) is 0 Å². The van der Waals surface area contributed by atoms with Gasteiger partial charge in [0.05, 0.1) is 6.07 Å². The average Bonchev–Trinajstić information content (AvgIpc) is 2.46. The molecule has 2 heterocycles. The molecule has 100 valence electrons. The van der Waals surface area contributed by atoms with Gasteiger partial charge in [-0.2, -0.15) is 5.26 Å². The normalized spacial score (nSPS) is 17.8. The van der Waals surface area contributed by atoms with Crippen LogP contribution in [0.4, 0.5) is 0 Å². The van der Waals surface area contributed by atoms with Gasteiger partial charge in [-0.05, 0) is 24.5 Å². The first kappa shape index (κ1) is 13.5. The molecular formula is C14H18N4O. The Bertz CT molecular complexity index is 472. The highest BCUT2D eigenvalue weighted by atomic mass is 16.2. The van der Waals surface area contributed by atoms with Gasteiger partial charge in [-0.1, -0.05) is 6.07 Å². The first-order valence-corrected chi connectivity index (χ1v) is 6.46. The predicted molar refractivity (Wildman–Crippen MR) is 70.9 cm³/mol. The molecule has 19 heavy (non-hydrogen) atoms. The van der Waals surface area contributed by atoms with Gasteiger partial charge in [0, 0.05) is 39.0 Å². The van der Waals surface area contributed by atoms with Crippen LogP contribution in [0.3, 0.4) is 0 Å². The van der Waals surface area contributed by atoms with E-state index >= 15 is 0 Å². The third kappa shape index (κ3) is 3.30. The number of nitriles is 1. The number of aromatic nitrogens is 1. The van der Waals surface area contributed by atoms with Crippen molar-refractivity contribution in [2.45, 2.75) is 31.8 Å². The van der Waals surface area contributed by atoms with Crippen molar-refractivity contribution in [2.24, 2.45) is 0 Å². The number of likely N-dealkylation sites (tertiary alicyclic amines) is 1. The maximum atomic E-state index is 11.3. The smallest absolute Gasteiger partial charge is 0.219 e.